The van der Waals surface area contributed by atoms with Crippen molar-refractivity contribution in [2.75, 3.05) is 14.1 Å². The smallest absolute Gasteiger partial charge is 0.258 e. The third kappa shape index (κ3) is 3.03. The van der Waals surface area contributed by atoms with Gasteiger partial charge in [0.25, 0.3) is 5.91 Å². The molecule has 4 heteroatoms. The van der Waals surface area contributed by atoms with Gasteiger partial charge in [-0.3, -0.25) is 4.79 Å². The molecule has 2 N–H and O–H groups in total. The Balaban J connectivity index is 3.86. The molecule has 0 unspecified atom stereocenters. The second-order valence-electron chi connectivity index (χ2n) is 1.40. The van der Waals surface area contributed by atoms with Gasteiger partial charge in [0.2, 0.25) is 0 Å². The quantitative estimate of drug-likeness (QED) is 0.370. The number of carbonyl (C=O) groups excluding carboxylic acids is 1. The van der Waals surface area contributed by atoms with Crippen LogP contribution in [0.4, 0.5) is 0 Å². The molecule has 0 saturated carbocycles. The fraction of sp³-hybridized carbons (Fsp3) is 0.400. The molecule has 0 rings (SSSR count). The lowest BCUT2D eigenvalue weighted by atomic mass is 10.5. The van der Waals surface area contributed by atoms with Gasteiger partial charge in [-0.1, -0.05) is 0 Å². The van der Waals surface area contributed by atoms with E-state index in [-0.39, 0.29) is 5.91 Å². The predicted octanol–water partition coefficient (Wildman–Crippen LogP) is -0.277. The SMILES string of the molecule is CN/C=C(\S)C(=O)NC. The molecule has 0 aromatic carbocycles. The Hall–Kier alpha value is -0.640. The summed E-state index contributed by atoms with van der Waals surface area (Å²) in [6.45, 7) is 0. The molecule has 9 heavy (non-hydrogen) atoms. The number of thiol groups is 1. The van der Waals surface area contributed by atoms with Crippen LogP contribution in [0.3, 0.4) is 0 Å². The van der Waals surface area contributed by atoms with Crippen LogP contribution in [0.15, 0.2) is 11.1 Å². The van der Waals surface area contributed by atoms with Crippen molar-refractivity contribution < 1.29 is 4.79 Å². The summed E-state index contributed by atoms with van der Waals surface area (Å²) in [7, 11) is 3.27. The fourth-order valence-corrected chi connectivity index (χ4v) is 0.571. The second kappa shape index (κ2) is 4.26. The monoisotopic (exact) mass is 146 g/mol. The van der Waals surface area contributed by atoms with E-state index in [1.165, 1.54) is 6.20 Å². The van der Waals surface area contributed by atoms with Gasteiger partial charge in [-0.25, -0.2) is 0 Å². The van der Waals surface area contributed by atoms with Gasteiger partial charge in [0.15, 0.2) is 0 Å². The molecule has 3 nitrogen and oxygen atoms in total. The van der Waals surface area contributed by atoms with E-state index in [1.54, 1.807) is 14.1 Å². The Kier molecular flexibility index (Phi) is 3.96. The minimum Gasteiger partial charge on any atom is -0.393 e. The molecule has 0 aromatic rings. The average Bonchev–Trinajstić information content (AvgIpc) is 1.87. The van der Waals surface area contributed by atoms with Crippen LogP contribution in [0.25, 0.3) is 0 Å². The van der Waals surface area contributed by atoms with Gasteiger partial charge in [0.05, 0.1) is 4.91 Å². The average molecular weight is 146 g/mol. The van der Waals surface area contributed by atoms with Crippen LogP contribution in [-0.2, 0) is 4.79 Å². The van der Waals surface area contributed by atoms with Crippen LogP contribution >= 0.6 is 12.6 Å². The van der Waals surface area contributed by atoms with E-state index in [0.717, 1.165) is 0 Å². The first-order chi connectivity index (χ1) is 4.22. The van der Waals surface area contributed by atoms with E-state index in [0.29, 0.717) is 4.91 Å². The number of amides is 1. The van der Waals surface area contributed by atoms with Crippen molar-refractivity contribution in [1.82, 2.24) is 10.6 Å². The number of carbonyl (C=O) groups is 1. The molecule has 0 fully saturated rings. The molecule has 0 saturated heterocycles. The molecule has 0 aliphatic rings. The largest absolute Gasteiger partial charge is 0.393 e. The molecule has 0 atom stereocenters. The van der Waals surface area contributed by atoms with Gasteiger partial charge in [0.1, 0.15) is 0 Å². The Morgan fingerprint density at radius 2 is 2.11 bits per heavy atom. The lowest BCUT2D eigenvalue weighted by Gasteiger charge is -1.95. The number of likely N-dealkylation sites (N-methyl/N-ethyl adjacent to an activating group) is 1. The van der Waals surface area contributed by atoms with Crippen molar-refractivity contribution in [2.45, 2.75) is 0 Å². The van der Waals surface area contributed by atoms with Crippen molar-refractivity contribution in [3.63, 3.8) is 0 Å². The maximum Gasteiger partial charge on any atom is 0.258 e. The van der Waals surface area contributed by atoms with Gasteiger partial charge >= 0.3 is 0 Å². The van der Waals surface area contributed by atoms with Crippen LogP contribution < -0.4 is 10.6 Å². The van der Waals surface area contributed by atoms with Crippen LogP contribution in [0, 0.1) is 0 Å². The van der Waals surface area contributed by atoms with Gasteiger partial charge in [-0.05, 0) is 0 Å². The van der Waals surface area contributed by atoms with Crippen molar-refractivity contribution >= 4 is 18.5 Å². The molecule has 0 aliphatic heterocycles. The van der Waals surface area contributed by atoms with Crippen LogP contribution in [0.1, 0.15) is 0 Å². The molecule has 0 bridgehead atoms. The summed E-state index contributed by atoms with van der Waals surface area (Å²) >= 11 is 3.87. The topological polar surface area (TPSA) is 41.1 Å². The summed E-state index contributed by atoms with van der Waals surface area (Å²) in [5.41, 5.74) is 0. The standard InChI is InChI=1S/C5H10N2OS/c1-6-3-4(9)5(8)7-2/h3,6,9H,1-2H3,(H,7,8)/b4-3-. The van der Waals surface area contributed by atoms with Gasteiger partial charge in [-0.15, -0.1) is 12.6 Å². The number of nitrogens with one attached hydrogen (secondary N) is 2. The van der Waals surface area contributed by atoms with Crippen molar-refractivity contribution in [3.8, 4) is 0 Å². The van der Waals surface area contributed by atoms with Crippen molar-refractivity contribution in [3.05, 3.63) is 11.1 Å². The van der Waals surface area contributed by atoms with Crippen LogP contribution in [0.5, 0.6) is 0 Å². The van der Waals surface area contributed by atoms with E-state index < -0.39 is 0 Å². The second-order valence-corrected chi connectivity index (χ2v) is 1.88. The zero-order valence-electron chi connectivity index (χ0n) is 5.43. The molecular weight excluding hydrogens is 136 g/mol. The fourth-order valence-electron chi connectivity index (χ4n) is 0.330. The predicted molar refractivity (Wildman–Crippen MR) is 40.2 cm³/mol. The highest BCUT2D eigenvalue weighted by Gasteiger charge is 1.98. The molecule has 0 heterocycles. The lowest BCUT2D eigenvalue weighted by molar-refractivity contribution is -0.116. The lowest BCUT2D eigenvalue weighted by Crippen LogP contribution is -2.18. The first-order valence-corrected chi connectivity index (χ1v) is 2.95. The molecule has 0 radical (unpaired) electrons. The maximum atomic E-state index is 10.6. The summed E-state index contributed by atoms with van der Waals surface area (Å²) in [5.74, 6) is -0.187. The molecule has 0 aliphatic carbocycles. The highest BCUT2D eigenvalue weighted by Crippen LogP contribution is 1.95. The summed E-state index contributed by atoms with van der Waals surface area (Å²) < 4.78 is 0. The Labute approximate surface area is 59.9 Å². The summed E-state index contributed by atoms with van der Waals surface area (Å²) in [6, 6.07) is 0. The Morgan fingerprint density at radius 1 is 1.56 bits per heavy atom. The van der Waals surface area contributed by atoms with E-state index in [2.05, 4.69) is 23.3 Å². The van der Waals surface area contributed by atoms with Gasteiger partial charge in [0, 0.05) is 20.3 Å². The minimum atomic E-state index is -0.187. The first-order valence-electron chi connectivity index (χ1n) is 2.51. The number of rotatable bonds is 2. The third-order valence-corrected chi connectivity index (χ3v) is 1.07. The molecule has 1 amide bonds. The van der Waals surface area contributed by atoms with E-state index in [1.807, 2.05) is 0 Å². The summed E-state index contributed by atoms with van der Waals surface area (Å²) in [4.78, 5) is 11.0. The molecule has 0 spiro atoms. The Morgan fingerprint density at radius 3 is 2.44 bits per heavy atom. The van der Waals surface area contributed by atoms with Crippen LogP contribution in [-0.4, -0.2) is 20.0 Å². The molecule has 0 aromatic heterocycles. The zero-order valence-corrected chi connectivity index (χ0v) is 6.33. The van der Waals surface area contributed by atoms with E-state index in [4.69, 9.17) is 0 Å². The van der Waals surface area contributed by atoms with E-state index in [9.17, 15) is 4.79 Å². The number of hydrogen-bond donors (Lipinski definition) is 3. The van der Waals surface area contributed by atoms with Crippen LogP contribution in [0.2, 0.25) is 0 Å². The Bertz CT molecular complexity index is 133. The first kappa shape index (κ1) is 8.36. The molecular formula is C5H10N2OS. The van der Waals surface area contributed by atoms with Gasteiger partial charge < -0.3 is 10.6 Å². The van der Waals surface area contributed by atoms with Crippen molar-refractivity contribution in [2.24, 2.45) is 0 Å². The maximum absolute atomic E-state index is 10.6. The highest BCUT2D eigenvalue weighted by atomic mass is 32.1. The normalized spacial score (nSPS) is 10.8. The summed E-state index contributed by atoms with van der Waals surface area (Å²) in [5, 5.41) is 5.11. The zero-order chi connectivity index (χ0) is 7.28. The van der Waals surface area contributed by atoms with Gasteiger partial charge in [-0.2, -0.15) is 0 Å². The highest BCUT2D eigenvalue weighted by molar-refractivity contribution is 7.85. The number of hydrogen-bond acceptors (Lipinski definition) is 3. The third-order valence-electron chi connectivity index (χ3n) is 0.741. The van der Waals surface area contributed by atoms with Crippen molar-refractivity contribution in [1.29, 1.82) is 0 Å². The molecule has 52 valence electrons. The summed E-state index contributed by atoms with van der Waals surface area (Å²) in [6.07, 6.45) is 1.52. The minimum absolute atomic E-state index is 0.187. The van der Waals surface area contributed by atoms with E-state index >= 15 is 0 Å².